The van der Waals surface area contributed by atoms with Crippen molar-refractivity contribution >= 4 is 29.3 Å². The maximum Gasteiger partial charge on any atom is 0.267 e. The fourth-order valence-electron chi connectivity index (χ4n) is 2.07. The first-order valence-electron chi connectivity index (χ1n) is 7.29. The van der Waals surface area contributed by atoms with Gasteiger partial charge in [0.25, 0.3) is 5.91 Å². The number of aryl methyl sites for hydroxylation is 2. The SMILES string of the molecule is Cc1ccc(SCCNC(=O)C2=NN(C)C(=O)CC2)cc1C. The third-order valence-corrected chi connectivity index (χ3v) is 4.60. The highest BCUT2D eigenvalue weighted by Crippen LogP contribution is 2.20. The second-order valence-electron chi connectivity index (χ2n) is 5.31. The molecule has 0 unspecified atom stereocenters. The molecule has 0 spiro atoms. The number of thioether (sulfide) groups is 1. The zero-order valence-corrected chi connectivity index (χ0v) is 14.0. The summed E-state index contributed by atoms with van der Waals surface area (Å²) < 4.78 is 0. The second-order valence-corrected chi connectivity index (χ2v) is 6.48. The summed E-state index contributed by atoms with van der Waals surface area (Å²) in [6.45, 7) is 4.77. The Morgan fingerprint density at radius 2 is 2.09 bits per heavy atom. The molecule has 0 atom stereocenters. The topological polar surface area (TPSA) is 61.8 Å². The summed E-state index contributed by atoms with van der Waals surface area (Å²) in [5.41, 5.74) is 2.99. The van der Waals surface area contributed by atoms with Gasteiger partial charge in [-0.1, -0.05) is 6.07 Å². The minimum Gasteiger partial charge on any atom is -0.350 e. The van der Waals surface area contributed by atoms with Gasteiger partial charge in [0.15, 0.2) is 0 Å². The molecule has 1 N–H and O–H groups in total. The van der Waals surface area contributed by atoms with E-state index < -0.39 is 0 Å². The largest absolute Gasteiger partial charge is 0.350 e. The molecule has 0 saturated carbocycles. The van der Waals surface area contributed by atoms with Crippen LogP contribution in [0.1, 0.15) is 24.0 Å². The number of hydrazone groups is 1. The Labute approximate surface area is 135 Å². The number of rotatable bonds is 5. The van der Waals surface area contributed by atoms with E-state index in [-0.39, 0.29) is 11.8 Å². The van der Waals surface area contributed by atoms with E-state index in [1.165, 1.54) is 21.0 Å². The monoisotopic (exact) mass is 319 g/mol. The number of benzene rings is 1. The normalized spacial score (nSPS) is 14.8. The van der Waals surface area contributed by atoms with E-state index in [2.05, 4.69) is 42.5 Å². The van der Waals surface area contributed by atoms with Crippen LogP contribution in [0.4, 0.5) is 0 Å². The molecule has 1 aliphatic heterocycles. The molecule has 2 rings (SSSR count). The van der Waals surface area contributed by atoms with Crippen LogP contribution in [0.15, 0.2) is 28.2 Å². The maximum absolute atomic E-state index is 12.0. The Morgan fingerprint density at radius 3 is 2.77 bits per heavy atom. The van der Waals surface area contributed by atoms with Crippen LogP contribution in [0.3, 0.4) is 0 Å². The maximum atomic E-state index is 12.0. The summed E-state index contributed by atoms with van der Waals surface area (Å²) in [5.74, 6) is 0.568. The third-order valence-electron chi connectivity index (χ3n) is 3.60. The molecule has 1 aliphatic rings. The van der Waals surface area contributed by atoms with Crippen molar-refractivity contribution < 1.29 is 9.59 Å². The molecule has 0 fully saturated rings. The average Bonchev–Trinajstić information content (AvgIpc) is 2.49. The molecule has 22 heavy (non-hydrogen) atoms. The van der Waals surface area contributed by atoms with Crippen molar-refractivity contribution in [3.63, 3.8) is 0 Å². The fourth-order valence-corrected chi connectivity index (χ4v) is 2.94. The van der Waals surface area contributed by atoms with Crippen molar-refractivity contribution in [3.05, 3.63) is 29.3 Å². The first-order valence-corrected chi connectivity index (χ1v) is 8.28. The first-order chi connectivity index (χ1) is 10.5. The van der Waals surface area contributed by atoms with Gasteiger partial charge in [0.2, 0.25) is 5.91 Å². The number of carbonyl (C=O) groups excluding carboxylic acids is 2. The summed E-state index contributed by atoms with van der Waals surface area (Å²) in [6, 6.07) is 6.37. The van der Waals surface area contributed by atoms with Gasteiger partial charge in [-0.3, -0.25) is 9.59 Å². The minimum atomic E-state index is -0.181. The van der Waals surface area contributed by atoms with Crippen molar-refractivity contribution in [1.82, 2.24) is 10.3 Å². The number of carbonyl (C=O) groups is 2. The van der Waals surface area contributed by atoms with E-state index in [1.54, 1.807) is 18.8 Å². The molecule has 1 aromatic carbocycles. The van der Waals surface area contributed by atoms with Crippen LogP contribution in [0.2, 0.25) is 0 Å². The van der Waals surface area contributed by atoms with Crippen molar-refractivity contribution in [2.24, 2.45) is 5.10 Å². The van der Waals surface area contributed by atoms with Gasteiger partial charge >= 0.3 is 0 Å². The smallest absolute Gasteiger partial charge is 0.267 e. The molecule has 5 nitrogen and oxygen atoms in total. The van der Waals surface area contributed by atoms with Crippen LogP contribution in [0.5, 0.6) is 0 Å². The molecule has 0 aromatic heterocycles. The van der Waals surface area contributed by atoms with Crippen LogP contribution < -0.4 is 5.32 Å². The Hall–Kier alpha value is -1.82. The second kappa shape index (κ2) is 7.45. The molecule has 6 heteroatoms. The van der Waals surface area contributed by atoms with Crippen molar-refractivity contribution in [2.75, 3.05) is 19.3 Å². The van der Waals surface area contributed by atoms with Gasteiger partial charge in [-0.2, -0.15) is 5.10 Å². The van der Waals surface area contributed by atoms with E-state index in [4.69, 9.17) is 0 Å². The summed E-state index contributed by atoms with van der Waals surface area (Å²) in [7, 11) is 1.57. The van der Waals surface area contributed by atoms with E-state index in [0.717, 1.165) is 5.75 Å². The van der Waals surface area contributed by atoms with Crippen molar-refractivity contribution in [1.29, 1.82) is 0 Å². The Balaban J connectivity index is 1.76. The number of nitrogens with one attached hydrogen (secondary N) is 1. The van der Waals surface area contributed by atoms with Gasteiger partial charge in [-0.05, 0) is 37.1 Å². The van der Waals surface area contributed by atoms with E-state index >= 15 is 0 Å². The summed E-state index contributed by atoms with van der Waals surface area (Å²) in [5, 5.41) is 8.10. The lowest BCUT2D eigenvalue weighted by atomic mass is 10.1. The molecule has 0 aliphatic carbocycles. The third kappa shape index (κ3) is 4.34. The van der Waals surface area contributed by atoms with Gasteiger partial charge < -0.3 is 5.32 Å². The van der Waals surface area contributed by atoms with Gasteiger partial charge in [-0.15, -0.1) is 11.8 Å². The number of hydrogen-bond donors (Lipinski definition) is 1. The Morgan fingerprint density at radius 1 is 1.32 bits per heavy atom. The molecule has 1 heterocycles. The fraction of sp³-hybridized carbons (Fsp3) is 0.438. The van der Waals surface area contributed by atoms with Crippen molar-refractivity contribution in [3.8, 4) is 0 Å². The predicted molar refractivity (Wildman–Crippen MR) is 89.1 cm³/mol. The molecular formula is C16H21N3O2S. The molecule has 1 aromatic rings. The first kappa shape index (κ1) is 16.5. The average molecular weight is 319 g/mol. The lowest BCUT2D eigenvalue weighted by molar-refractivity contribution is -0.130. The van der Waals surface area contributed by atoms with Gasteiger partial charge in [0, 0.05) is 37.1 Å². The van der Waals surface area contributed by atoms with Crippen LogP contribution in [0, 0.1) is 13.8 Å². The Bertz CT molecular complexity index is 613. The zero-order chi connectivity index (χ0) is 16.1. The highest BCUT2D eigenvalue weighted by Gasteiger charge is 2.21. The molecule has 2 amide bonds. The highest BCUT2D eigenvalue weighted by atomic mass is 32.2. The van der Waals surface area contributed by atoms with E-state index in [9.17, 15) is 9.59 Å². The lowest BCUT2D eigenvalue weighted by Gasteiger charge is -2.18. The summed E-state index contributed by atoms with van der Waals surface area (Å²) in [4.78, 5) is 24.5. The summed E-state index contributed by atoms with van der Waals surface area (Å²) >= 11 is 1.71. The highest BCUT2D eigenvalue weighted by molar-refractivity contribution is 7.99. The van der Waals surface area contributed by atoms with Crippen LogP contribution in [-0.2, 0) is 9.59 Å². The standard InChI is InChI=1S/C16H21N3O2S/c1-11-4-5-13(10-12(11)2)22-9-8-17-16(21)14-6-7-15(20)19(3)18-14/h4-5,10H,6-9H2,1-3H3,(H,17,21). The number of nitrogens with zero attached hydrogens (tertiary/aromatic N) is 2. The van der Waals surface area contributed by atoms with Gasteiger partial charge in [0.1, 0.15) is 5.71 Å². The molecule has 0 radical (unpaired) electrons. The predicted octanol–water partition coefficient (Wildman–Crippen LogP) is 2.12. The Kier molecular flexibility index (Phi) is 5.60. The van der Waals surface area contributed by atoms with Crippen molar-refractivity contribution in [2.45, 2.75) is 31.6 Å². The molecule has 118 valence electrons. The van der Waals surface area contributed by atoms with Crippen LogP contribution in [0.25, 0.3) is 0 Å². The van der Waals surface area contributed by atoms with Crippen LogP contribution >= 0.6 is 11.8 Å². The quantitative estimate of drug-likeness (QED) is 0.668. The lowest BCUT2D eigenvalue weighted by Crippen LogP contribution is -2.38. The molecule has 0 bridgehead atoms. The number of hydrogen-bond acceptors (Lipinski definition) is 4. The molecular weight excluding hydrogens is 298 g/mol. The zero-order valence-electron chi connectivity index (χ0n) is 13.2. The molecule has 0 saturated heterocycles. The number of amides is 2. The van der Waals surface area contributed by atoms with Crippen LogP contribution in [-0.4, -0.2) is 41.9 Å². The van der Waals surface area contributed by atoms with E-state index in [0.29, 0.717) is 25.1 Å². The van der Waals surface area contributed by atoms with Gasteiger partial charge in [0.05, 0.1) is 0 Å². The minimum absolute atomic E-state index is 0.0538. The van der Waals surface area contributed by atoms with Gasteiger partial charge in [-0.25, -0.2) is 5.01 Å². The summed E-state index contributed by atoms with van der Waals surface area (Å²) in [6.07, 6.45) is 0.763. The van der Waals surface area contributed by atoms with E-state index in [1.807, 2.05) is 0 Å².